The lowest BCUT2D eigenvalue weighted by Crippen LogP contribution is -2.54. The second kappa shape index (κ2) is 7.22. The van der Waals surface area contributed by atoms with Crippen LogP contribution in [0.5, 0.6) is 0 Å². The van der Waals surface area contributed by atoms with Gasteiger partial charge in [0.05, 0.1) is 4.87 Å². The molecule has 1 saturated carbocycles. The first-order valence-electron chi connectivity index (χ1n) is 9.59. The van der Waals surface area contributed by atoms with E-state index >= 15 is 0 Å². The molecular formula is C20H25FN2O2S. The molecule has 0 bridgehead atoms. The molecule has 1 aromatic rings. The van der Waals surface area contributed by atoms with Gasteiger partial charge in [-0.3, -0.25) is 9.59 Å². The number of amides is 2. The first kappa shape index (κ1) is 17.8. The summed E-state index contributed by atoms with van der Waals surface area (Å²) >= 11 is 1.84. The number of nitrogens with zero attached hydrogens (tertiary/aromatic N) is 2. The Morgan fingerprint density at radius 1 is 1.04 bits per heavy atom. The van der Waals surface area contributed by atoms with Gasteiger partial charge in [0.1, 0.15) is 5.82 Å². The molecule has 2 amide bonds. The molecule has 1 aliphatic carbocycles. The smallest absolute Gasteiger partial charge is 0.254 e. The van der Waals surface area contributed by atoms with E-state index in [-0.39, 0.29) is 22.5 Å². The number of hydrogen-bond donors (Lipinski definition) is 0. The lowest BCUT2D eigenvalue weighted by molar-refractivity contribution is -0.137. The third-order valence-corrected chi connectivity index (χ3v) is 7.63. The van der Waals surface area contributed by atoms with E-state index in [1.165, 1.54) is 25.0 Å². The van der Waals surface area contributed by atoms with Crippen LogP contribution in [0.2, 0.25) is 0 Å². The van der Waals surface area contributed by atoms with Gasteiger partial charge in [0, 0.05) is 36.9 Å². The van der Waals surface area contributed by atoms with Crippen molar-refractivity contribution >= 4 is 23.6 Å². The van der Waals surface area contributed by atoms with Crippen molar-refractivity contribution in [3.8, 4) is 0 Å². The summed E-state index contributed by atoms with van der Waals surface area (Å²) in [5, 5.41) is 0. The quantitative estimate of drug-likeness (QED) is 0.793. The maximum atomic E-state index is 13.2. The summed E-state index contributed by atoms with van der Waals surface area (Å²) in [6.07, 6.45) is 6.05. The molecule has 6 heteroatoms. The van der Waals surface area contributed by atoms with Gasteiger partial charge in [0.2, 0.25) is 5.91 Å². The number of carbonyl (C=O) groups is 2. The van der Waals surface area contributed by atoms with Gasteiger partial charge in [0.15, 0.2) is 0 Å². The highest BCUT2D eigenvalue weighted by Crippen LogP contribution is 2.45. The Morgan fingerprint density at radius 3 is 2.35 bits per heavy atom. The number of piperidine rings is 1. The number of carbonyl (C=O) groups excluding carboxylic acids is 2. The van der Waals surface area contributed by atoms with E-state index in [2.05, 4.69) is 0 Å². The molecule has 0 radical (unpaired) electrons. The first-order valence-corrected chi connectivity index (χ1v) is 10.6. The minimum atomic E-state index is -0.328. The highest BCUT2D eigenvalue weighted by molar-refractivity contribution is 8.00. The zero-order valence-corrected chi connectivity index (χ0v) is 15.8. The Morgan fingerprint density at radius 2 is 1.69 bits per heavy atom. The van der Waals surface area contributed by atoms with Crippen molar-refractivity contribution in [3.63, 3.8) is 0 Å². The van der Waals surface area contributed by atoms with Crippen LogP contribution >= 0.6 is 11.8 Å². The normalized spacial score (nSPS) is 23.0. The van der Waals surface area contributed by atoms with Gasteiger partial charge >= 0.3 is 0 Å². The molecule has 0 atom stereocenters. The van der Waals surface area contributed by atoms with Gasteiger partial charge in [-0.1, -0.05) is 12.8 Å². The summed E-state index contributed by atoms with van der Waals surface area (Å²) in [6, 6.07) is 5.80. The van der Waals surface area contributed by atoms with E-state index in [9.17, 15) is 14.0 Å². The molecule has 3 fully saturated rings. The molecule has 2 saturated heterocycles. The van der Waals surface area contributed by atoms with Gasteiger partial charge in [0.25, 0.3) is 5.91 Å². The molecule has 0 aromatic heterocycles. The summed E-state index contributed by atoms with van der Waals surface area (Å²) in [7, 11) is 0. The van der Waals surface area contributed by atoms with Crippen molar-refractivity contribution in [1.29, 1.82) is 0 Å². The Kier molecular flexibility index (Phi) is 4.95. The fraction of sp³-hybridized carbons (Fsp3) is 0.600. The molecule has 140 valence electrons. The van der Waals surface area contributed by atoms with Crippen molar-refractivity contribution < 1.29 is 14.0 Å². The third-order valence-electron chi connectivity index (χ3n) is 6.07. The Balaban J connectivity index is 1.44. The molecule has 0 unspecified atom stereocenters. The van der Waals surface area contributed by atoms with Crippen LogP contribution in [0.3, 0.4) is 0 Å². The molecule has 1 spiro atoms. The van der Waals surface area contributed by atoms with Crippen LogP contribution in [-0.4, -0.2) is 51.9 Å². The summed E-state index contributed by atoms with van der Waals surface area (Å²) in [5.74, 6) is 1.11. The Bertz CT molecular complexity index is 680. The van der Waals surface area contributed by atoms with Gasteiger partial charge < -0.3 is 9.80 Å². The predicted octanol–water partition coefficient (Wildman–Crippen LogP) is 3.52. The fourth-order valence-corrected chi connectivity index (χ4v) is 6.02. The second-order valence-corrected chi connectivity index (χ2v) is 9.02. The average Bonchev–Trinajstić information content (AvgIpc) is 3.32. The Labute approximate surface area is 158 Å². The van der Waals surface area contributed by atoms with Gasteiger partial charge in [-0.05, 0) is 49.9 Å². The molecular weight excluding hydrogens is 351 g/mol. The van der Waals surface area contributed by atoms with Crippen LogP contribution < -0.4 is 0 Å². The standard InChI is InChI=1S/C20H25FN2O2S/c21-17-7-5-16(6-8-17)19(25)23-13-14-26-20(23)9-11-22(12-10-20)18(24)15-3-1-2-4-15/h5-8,15H,1-4,9-14H2. The zero-order chi connectivity index (χ0) is 18.1. The summed E-state index contributed by atoms with van der Waals surface area (Å²) in [5.41, 5.74) is 0.540. The van der Waals surface area contributed by atoms with Crippen molar-refractivity contribution in [2.75, 3.05) is 25.4 Å². The maximum Gasteiger partial charge on any atom is 0.254 e. The van der Waals surface area contributed by atoms with Crippen LogP contribution in [0.1, 0.15) is 48.9 Å². The van der Waals surface area contributed by atoms with E-state index < -0.39 is 0 Å². The lowest BCUT2D eigenvalue weighted by Gasteiger charge is -2.44. The largest absolute Gasteiger partial charge is 0.342 e. The van der Waals surface area contributed by atoms with Crippen molar-refractivity contribution in [1.82, 2.24) is 9.80 Å². The van der Waals surface area contributed by atoms with Gasteiger partial charge in [-0.15, -0.1) is 11.8 Å². The average molecular weight is 376 g/mol. The molecule has 4 nitrogen and oxygen atoms in total. The summed E-state index contributed by atoms with van der Waals surface area (Å²) in [4.78, 5) is 29.4. The van der Waals surface area contributed by atoms with E-state index in [1.54, 1.807) is 12.1 Å². The highest BCUT2D eigenvalue weighted by Gasteiger charge is 2.47. The van der Waals surface area contributed by atoms with Gasteiger partial charge in [-0.25, -0.2) is 4.39 Å². The number of likely N-dealkylation sites (tertiary alicyclic amines) is 1. The van der Waals surface area contributed by atoms with E-state index in [4.69, 9.17) is 0 Å². The Hall–Kier alpha value is -1.56. The minimum absolute atomic E-state index is 0.0226. The minimum Gasteiger partial charge on any atom is -0.342 e. The number of rotatable bonds is 2. The first-order chi connectivity index (χ1) is 12.6. The molecule has 4 rings (SSSR count). The zero-order valence-electron chi connectivity index (χ0n) is 15.0. The summed E-state index contributed by atoms with van der Waals surface area (Å²) in [6.45, 7) is 2.18. The van der Waals surface area contributed by atoms with Crippen LogP contribution in [0, 0.1) is 11.7 Å². The number of halogens is 1. The van der Waals surface area contributed by atoms with Crippen LogP contribution in [0.25, 0.3) is 0 Å². The van der Waals surface area contributed by atoms with Crippen LogP contribution in [0.15, 0.2) is 24.3 Å². The third kappa shape index (κ3) is 3.24. The summed E-state index contributed by atoms with van der Waals surface area (Å²) < 4.78 is 13.2. The molecule has 3 aliphatic rings. The second-order valence-electron chi connectivity index (χ2n) is 7.57. The number of hydrogen-bond acceptors (Lipinski definition) is 3. The van der Waals surface area contributed by atoms with Crippen molar-refractivity contribution in [3.05, 3.63) is 35.6 Å². The number of thioether (sulfide) groups is 1. The molecule has 2 heterocycles. The van der Waals surface area contributed by atoms with Gasteiger partial charge in [-0.2, -0.15) is 0 Å². The monoisotopic (exact) mass is 376 g/mol. The van der Waals surface area contributed by atoms with E-state index in [0.29, 0.717) is 11.5 Å². The van der Waals surface area contributed by atoms with E-state index in [0.717, 1.165) is 51.1 Å². The number of benzene rings is 1. The fourth-order valence-electron chi connectivity index (χ4n) is 4.57. The molecule has 2 aliphatic heterocycles. The maximum absolute atomic E-state index is 13.2. The predicted molar refractivity (Wildman–Crippen MR) is 100 cm³/mol. The molecule has 0 N–H and O–H groups in total. The SMILES string of the molecule is O=C(C1CCCC1)N1CCC2(CC1)SCCN2C(=O)c1ccc(F)cc1. The van der Waals surface area contributed by atoms with Crippen molar-refractivity contribution in [2.45, 2.75) is 43.4 Å². The van der Waals surface area contributed by atoms with Crippen LogP contribution in [0.4, 0.5) is 4.39 Å². The molecule has 26 heavy (non-hydrogen) atoms. The van der Waals surface area contributed by atoms with Crippen molar-refractivity contribution in [2.24, 2.45) is 5.92 Å². The topological polar surface area (TPSA) is 40.6 Å². The lowest BCUT2D eigenvalue weighted by atomic mass is 9.98. The highest BCUT2D eigenvalue weighted by atomic mass is 32.2. The van der Waals surface area contributed by atoms with E-state index in [1.807, 2.05) is 21.6 Å². The van der Waals surface area contributed by atoms with Crippen LogP contribution in [-0.2, 0) is 4.79 Å². The molecule has 1 aromatic carbocycles.